The summed E-state index contributed by atoms with van der Waals surface area (Å²) in [6.45, 7) is 0. The zero-order chi connectivity index (χ0) is 21.3. The molecule has 9 heteroatoms. The standard InChI is InChI=1S/C21H20ClN5O2S/c1-29-20-17(9-6-10-18(20)27-30(2,3)28)25-21-24-12-15(22)19(26-21)14-11-23-16-8-5-4-7-13(14)16/h4-12,23H,1-3H3,(H,24,25,26). The quantitative estimate of drug-likeness (QED) is 0.433. The van der Waals surface area contributed by atoms with E-state index in [1.807, 2.05) is 36.5 Å². The van der Waals surface area contributed by atoms with Crippen molar-refractivity contribution < 1.29 is 8.95 Å². The van der Waals surface area contributed by atoms with Gasteiger partial charge in [-0.1, -0.05) is 35.9 Å². The molecule has 0 fully saturated rings. The number of ether oxygens (including phenoxy) is 1. The predicted molar refractivity (Wildman–Crippen MR) is 123 cm³/mol. The zero-order valence-electron chi connectivity index (χ0n) is 16.6. The highest BCUT2D eigenvalue weighted by molar-refractivity contribution is 7.92. The number of H-pyrrole nitrogens is 1. The van der Waals surface area contributed by atoms with Crippen molar-refractivity contribution in [3.8, 4) is 17.0 Å². The van der Waals surface area contributed by atoms with E-state index in [9.17, 15) is 4.21 Å². The maximum Gasteiger partial charge on any atom is 0.227 e. The Labute approximate surface area is 179 Å². The molecule has 2 N–H and O–H groups in total. The molecule has 0 aliphatic heterocycles. The first-order chi connectivity index (χ1) is 14.4. The molecule has 0 aliphatic carbocycles. The van der Waals surface area contributed by atoms with Crippen LogP contribution in [0, 0.1) is 0 Å². The Morgan fingerprint density at radius 3 is 2.73 bits per heavy atom. The van der Waals surface area contributed by atoms with Gasteiger partial charge in [0.25, 0.3) is 0 Å². The van der Waals surface area contributed by atoms with Crippen molar-refractivity contribution in [1.29, 1.82) is 0 Å². The van der Waals surface area contributed by atoms with Crippen LogP contribution in [0.15, 0.2) is 59.2 Å². The summed E-state index contributed by atoms with van der Waals surface area (Å²) in [4.78, 5) is 12.2. The Morgan fingerprint density at radius 1 is 1.17 bits per heavy atom. The molecule has 0 amide bonds. The third-order valence-corrected chi connectivity index (χ3v) is 5.26. The van der Waals surface area contributed by atoms with Crippen molar-refractivity contribution >= 4 is 49.6 Å². The van der Waals surface area contributed by atoms with Crippen molar-refractivity contribution in [1.82, 2.24) is 15.0 Å². The van der Waals surface area contributed by atoms with Crippen LogP contribution < -0.4 is 10.1 Å². The minimum Gasteiger partial charge on any atom is -0.492 e. The lowest BCUT2D eigenvalue weighted by atomic mass is 10.1. The van der Waals surface area contributed by atoms with Gasteiger partial charge >= 0.3 is 0 Å². The Bertz CT molecular complexity index is 1350. The second-order valence-electron chi connectivity index (χ2n) is 6.89. The van der Waals surface area contributed by atoms with Crippen LogP contribution in [0.1, 0.15) is 0 Å². The van der Waals surface area contributed by atoms with Gasteiger partial charge in [-0.15, -0.1) is 0 Å². The second-order valence-corrected chi connectivity index (χ2v) is 9.85. The summed E-state index contributed by atoms with van der Waals surface area (Å²) in [5.74, 6) is 0.810. The molecule has 0 saturated heterocycles. The van der Waals surface area contributed by atoms with Crippen molar-refractivity contribution in [3.05, 3.63) is 59.9 Å². The third-order valence-electron chi connectivity index (χ3n) is 4.35. The highest BCUT2D eigenvalue weighted by Gasteiger charge is 2.15. The number of para-hydroxylation sites is 2. The molecular formula is C21H20ClN5O2S. The van der Waals surface area contributed by atoms with E-state index in [1.54, 1.807) is 30.8 Å². The predicted octanol–water partition coefficient (Wildman–Crippen LogP) is 5.39. The SMILES string of the molecule is COc1c(N=S(C)(C)=O)cccc1Nc1ncc(Cl)c(-c2c[nH]c3ccccc23)n1. The number of aromatic nitrogens is 3. The summed E-state index contributed by atoms with van der Waals surface area (Å²) < 4.78 is 21.9. The molecule has 0 bridgehead atoms. The van der Waals surface area contributed by atoms with Crippen molar-refractivity contribution in [2.45, 2.75) is 0 Å². The van der Waals surface area contributed by atoms with E-state index in [-0.39, 0.29) is 0 Å². The van der Waals surface area contributed by atoms with Gasteiger partial charge in [0, 0.05) is 44.9 Å². The molecule has 2 heterocycles. The van der Waals surface area contributed by atoms with E-state index >= 15 is 0 Å². The number of nitrogens with one attached hydrogen (secondary N) is 2. The van der Waals surface area contributed by atoms with E-state index in [0.717, 1.165) is 16.5 Å². The molecule has 30 heavy (non-hydrogen) atoms. The van der Waals surface area contributed by atoms with E-state index in [4.69, 9.17) is 16.3 Å². The molecule has 154 valence electrons. The fourth-order valence-electron chi connectivity index (χ4n) is 3.15. The van der Waals surface area contributed by atoms with E-state index in [0.29, 0.717) is 33.8 Å². The maximum atomic E-state index is 12.1. The van der Waals surface area contributed by atoms with Crippen LogP contribution in [0.5, 0.6) is 5.75 Å². The Kier molecular flexibility index (Phi) is 5.36. The van der Waals surface area contributed by atoms with Gasteiger partial charge in [-0.3, -0.25) is 0 Å². The van der Waals surface area contributed by atoms with Crippen LogP contribution in [-0.2, 0) is 9.73 Å². The maximum absolute atomic E-state index is 12.1. The number of halogens is 1. The van der Waals surface area contributed by atoms with Gasteiger partial charge in [0.15, 0.2) is 5.75 Å². The second kappa shape index (κ2) is 7.97. The number of rotatable bonds is 5. The lowest BCUT2D eigenvalue weighted by molar-refractivity contribution is 0.418. The molecule has 0 aliphatic rings. The zero-order valence-corrected chi connectivity index (χ0v) is 18.2. The molecular weight excluding hydrogens is 422 g/mol. The van der Waals surface area contributed by atoms with Gasteiger partial charge in [0.1, 0.15) is 5.69 Å². The summed E-state index contributed by atoms with van der Waals surface area (Å²) >= 11 is 6.41. The van der Waals surface area contributed by atoms with Gasteiger partial charge in [0.2, 0.25) is 5.95 Å². The van der Waals surface area contributed by atoms with Crippen LogP contribution in [0.3, 0.4) is 0 Å². The number of hydrogen-bond donors (Lipinski definition) is 2. The number of fused-ring (bicyclic) bond motifs is 1. The van der Waals surface area contributed by atoms with Crippen LogP contribution >= 0.6 is 11.6 Å². The summed E-state index contributed by atoms with van der Waals surface area (Å²) in [7, 11) is -0.813. The average molecular weight is 442 g/mol. The number of hydrogen-bond acceptors (Lipinski definition) is 6. The lowest BCUT2D eigenvalue weighted by Gasteiger charge is -2.13. The highest BCUT2D eigenvalue weighted by atomic mass is 35.5. The van der Waals surface area contributed by atoms with Gasteiger partial charge < -0.3 is 15.0 Å². The van der Waals surface area contributed by atoms with Gasteiger partial charge in [-0.25, -0.2) is 14.2 Å². The van der Waals surface area contributed by atoms with Crippen LogP contribution in [0.2, 0.25) is 5.02 Å². The minimum absolute atomic E-state index is 0.351. The van der Waals surface area contributed by atoms with E-state index in [1.165, 1.54) is 7.11 Å². The highest BCUT2D eigenvalue weighted by Crippen LogP contribution is 2.38. The normalized spacial score (nSPS) is 11.5. The Balaban J connectivity index is 1.76. The first-order valence-corrected chi connectivity index (χ1v) is 11.8. The molecule has 2 aromatic heterocycles. The molecule has 7 nitrogen and oxygen atoms in total. The Morgan fingerprint density at radius 2 is 1.97 bits per heavy atom. The summed E-state index contributed by atoms with van der Waals surface area (Å²) in [5.41, 5.74) is 3.58. The number of nitrogens with zero attached hydrogens (tertiary/aromatic N) is 3. The minimum atomic E-state index is -2.35. The molecule has 0 atom stereocenters. The topological polar surface area (TPSA) is 92.3 Å². The summed E-state index contributed by atoms with van der Waals surface area (Å²) in [6.07, 6.45) is 6.58. The summed E-state index contributed by atoms with van der Waals surface area (Å²) in [6, 6.07) is 13.3. The molecule has 4 rings (SSSR count). The lowest BCUT2D eigenvalue weighted by Crippen LogP contribution is -2.01. The van der Waals surface area contributed by atoms with Gasteiger partial charge in [-0.2, -0.15) is 4.36 Å². The fraction of sp³-hybridized carbons (Fsp3) is 0.143. The number of anilines is 2. The number of benzene rings is 2. The smallest absolute Gasteiger partial charge is 0.227 e. The van der Waals surface area contributed by atoms with Crippen molar-refractivity contribution in [2.75, 3.05) is 24.9 Å². The van der Waals surface area contributed by atoms with Crippen molar-refractivity contribution in [3.63, 3.8) is 0 Å². The average Bonchev–Trinajstić information content (AvgIpc) is 3.12. The van der Waals surface area contributed by atoms with Crippen LogP contribution in [0.25, 0.3) is 22.2 Å². The monoisotopic (exact) mass is 441 g/mol. The van der Waals surface area contributed by atoms with E-state index < -0.39 is 9.73 Å². The van der Waals surface area contributed by atoms with Gasteiger partial charge in [0.05, 0.1) is 29.7 Å². The molecule has 0 spiro atoms. The largest absolute Gasteiger partial charge is 0.492 e. The van der Waals surface area contributed by atoms with Gasteiger partial charge in [-0.05, 0) is 18.2 Å². The van der Waals surface area contributed by atoms with Crippen LogP contribution in [0.4, 0.5) is 17.3 Å². The molecule has 2 aromatic carbocycles. The Hall–Kier alpha value is -3.10. The van der Waals surface area contributed by atoms with Crippen LogP contribution in [-0.4, -0.2) is 38.8 Å². The molecule has 4 aromatic rings. The number of aromatic amines is 1. The first-order valence-electron chi connectivity index (χ1n) is 9.06. The van der Waals surface area contributed by atoms with Crippen molar-refractivity contribution in [2.24, 2.45) is 4.36 Å². The molecule has 0 radical (unpaired) electrons. The van der Waals surface area contributed by atoms with E-state index in [2.05, 4.69) is 24.6 Å². The molecule has 0 saturated carbocycles. The third kappa shape index (κ3) is 4.10. The first kappa shape index (κ1) is 20.2. The number of methoxy groups -OCH3 is 1. The summed E-state index contributed by atoms with van der Waals surface area (Å²) in [5, 5.41) is 4.62. The molecule has 0 unspecified atom stereocenters. The fourth-order valence-corrected chi connectivity index (χ4v) is 3.96.